The van der Waals surface area contributed by atoms with Crippen LogP contribution in [0.4, 0.5) is 0 Å². The second kappa shape index (κ2) is 4.18. The van der Waals surface area contributed by atoms with Crippen LogP contribution in [-0.2, 0) is 7.05 Å². The third kappa shape index (κ3) is 1.41. The number of hydrogen-bond donors (Lipinski definition) is 0. The summed E-state index contributed by atoms with van der Waals surface area (Å²) >= 11 is 3.30. The lowest BCUT2D eigenvalue weighted by molar-refractivity contribution is 0.930. The van der Waals surface area contributed by atoms with Gasteiger partial charge in [-0.25, -0.2) is 0 Å². The molecule has 0 amide bonds. The van der Waals surface area contributed by atoms with E-state index < -0.39 is 0 Å². The molecule has 0 saturated heterocycles. The molecule has 0 unspecified atom stereocenters. The summed E-state index contributed by atoms with van der Waals surface area (Å²) in [5, 5.41) is 4.77. The molecule has 0 fully saturated rings. The van der Waals surface area contributed by atoms with Gasteiger partial charge in [-0.05, 0) is 12.1 Å². The van der Waals surface area contributed by atoms with E-state index in [9.17, 15) is 4.79 Å². The third-order valence-corrected chi connectivity index (χ3v) is 6.63. The van der Waals surface area contributed by atoms with Crippen molar-refractivity contribution in [2.75, 3.05) is 0 Å². The fourth-order valence-electron chi connectivity index (χ4n) is 3.20. The summed E-state index contributed by atoms with van der Waals surface area (Å²) in [4.78, 5) is 13.8. The first-order chi connectivity index (χ1) is 10.8. The average Bonchev–Trinajstić information content (AvgIpc) is 3.10. The Morgan fingerprint density at radius 1 is 0.818 bits per heavy atom. The molecule has 0 radical (unpaired) electrons. The van der Waals surface area contributed by atoms with Gasteiger partial charge in [0.2, 0.25) is 0 Å². The summed E-state index contributed by atoms with van der Waals surface area (Å²) < 4.78 is 5.07. The van der Waals surface area contributed by atoms with Gasteiger partial charge in [0.15, 0.2) is 0 Å². The van der Waals surface area contributed by atoms with Gasteiger partial charge in [0.25, 0.3) is 5.56 Å². The van der Waals surface area contributed by atoms with Gasteiger partial charge in [0, 0.05) is 38.0 Å². The molecule has 0 saturated carbocycles. The molecule has 5 rings (SSSR count). The standard InChI is InChI=1S/C18H11NOS2/c1-19-17(20)16-14(10-6-2-4-8-12(10)21-16)15-11-7-3-5-9-13(11)22-18(15)19/h2-9H,1H3. The lowest BCUT2D eigenvalue weighted by Gasteiger charge is -2.02. The van der Waals surface area contributed by atoms with E-state index in [1.54, 1.807) is 27.2 Å². The van der Waals surface area contributed by atoms with Gasteiger partial charge in [-0.2, -0.15) is 0 Å². The molecule has 0 aliphatic heterocycles. The van der Waals surface area contributed by atoms with E-state index in [1.807, 2.05) is 19.2 Å². The minimum atomic E-state index is 0.107. The molecule has 0 aliphatic carbocycles. The van der Waals surface area contributed by atoms with Crippen molar-refractivity contribution in [1.29, 1.82) is 0 Å². The molecule has 5 aromatic rings. The topological polar surface area (TPSA) is 22.0 Å². The molecular formula is C18H11NOS2. The SMILES string of the molecule is Cn1c(=O)c2sc3ccccc3c2c2c3ccccc3sc21. The van der Waals surface area contributed by atoms with Crippen molar-refractivity contribution >= 4 is 63.1 Å². The van der Waals surface area contributed by atoms with Crippen molar-refractivity contribution in [2.24, 2.45) is 7.05 Å². The zero-order valence-electron chi connectivity index (χ0n) is 11.8. The molecule has 2 nitrogen and oxygen atoms in total. The molecule has 3 heterocycles. The van der Waals surface area contributed by atoms with Crippen LogP contribution >= 0.6 is 22.7 Å². The van der Waals surface area contributed by atoms with E-state index in [0.29, 0.717) is 0 Å². The van der Waals surface area contributed by atoms with E-state index in [4.69, 9.17) is 0 Å². The molecule has 3 aromatic heterocycles. The Kier molecular flexibility index (Phi) is 2.35. The highest BCUT2D eigenvalue weighted by Gasteiger charge is 2.18. The van der Waals surface area contributed by atoms with Gasteiger partial charge in [-0.15, -0.1) is 22.7 Å². The highest BCUT2D eigenvalue weighted by Crippen LogP contribution is 2.42. The monoisotopic (exact) mass is 321 g/mol. The van der Waals surface area contributed by atoms with Crippen molar-refractivity contribution in [3.05, 3.63) is 58.9 Å². The first kappa shape index (κ1) is 12.4. The number of benzene rings is 2. The Balaban J connectivity index is 2.26. The minimum absolute atomic E-state index is 0.107. The van der Waals surface area contributed by atoms with Crippen molar-refractivity contribution in [3.63, 3.8) is 0 Å². The predicted molar refractivity (Wildman–Crippen MR) is 97.5 cm³/mol. The molecule has 0 bridgehead atoms. The van der Waals surface area contributed by atoms with Crippen LogP contribution in [0.15, 0.2) is 53.3 Å². The molecule has 22 heavy (non-hydrogen) atoms. The van der Waals surface area contributed by atoms with Crippen LogP contribution in [0.3, 0.4) is 0 Å². The van der Waals surface area contributed by atoms with Gasteiger partial charge in [0.05, 0.1) is 0 Å². The summed E-state index contributed by atoms with van der Waals surface area (Å²) in [6.07, 6.45) is 0. The zero-order chi connectivity index (χ0) is 14.8. The Labute approximate surface area is 133 Å². The van der Waals surface area contributed by atoms with Crippen molar-refractivity contribution in [3.8, 4) is 0 Å². The summed E-state index contributed by atoms with van der Waals surface area (Å²) in [6.45, 7) is 0. The number of rotatable bonds is 0. The number of pyridine rings is 1. The molecular weight excluding hydrogens is 310 g/mol. The number of fused-ring (bicyclic) bond motifs is 7. The Morgan fingerprint density at radius 3 is 2.14 bits per heavy atom. The van der Waals surface area contributed by atoms with Crippen LogP contribution in [-0.4, -0.2) is 4.57 Å². The van der Waals surface area contributed by atoms with Crippen LogP contribution in [0.25, 0.3) is 40.5 Å². The molecule has 0 atom stereocenters. The molecule has 0 aliphatic rings. The van der Waals surface area contributed by atoms with Gasteiger partial charge >= 0.3 is 0 Å². The molecule has 0 spiro atoms. The van der Waals surface area contributed by atoms with Gasteiger partial charge < -0.3 is 4.57 Å². The summed E-state index contributed by atoms with van der Waals surface area (Å²) in [6, 6.07) is 16.7. The van der Waals surface area contributed by atoms with E-state index in [1.165, 1.54) is 25.6 Å². The first-order valence-electron chi connectivity index (χ1n) is 7.07. The Morgan fingerprint density at radius 2 is 1.41 bits per heavy atom. The third-order valence-electron chi connectivity index (χ3n) is 4.23. The van der Waals surface area contributed by atoms with E-state index in [0.717, 1.165) is 14.9 Å². The number of thiophene rings is 2. The highest BCUT2D eigenvalue weighted by atomic mass is 32.1. The number of nitrogens with zero attached hydrogens (tertiary/aromatic N) is 1. The molecule has 0 N–H and O–H groups in total. The maximum atomic E-state index is 12.8. The van der Waals surface area contributed by atoms with Crippen LogP contribution in [0.5, 0.6) is 0 Å². The highest BCUT2D eigenvalue weighted by molar-refractivity contribution is 7.27. The number of hydrogen-bond acceptors (Lipinski definition) is 3. The smallest absolute Gasteiger partial charge is 0.269 e. The largest absolute Gasteiger partial charge is 0.302 e. The normalized spacial score (nSPS) is 12.0. The second-order valence-corrected chi connectivity index (χ2v) is 7.53. The Hall–Kier alpha value is -2.17. The summed E-state index contributed by atoms with van der Waals surface area (Å²) in [5.74, 6) is 0. The summed E-state index contributed by atoms with van der Waals surface area (Å²) in [5.41, 5.74) is 0.107. The quantitative estimate of drug-likeness (QED) is 0.388. The van der Waals surface area contributed by atoms with Gasteiger partial charge in [-0.1, -0.05) is 36.4 Å². The first-order valence-corrected chi connectivity index (χ1v) is 8.70. The van der Waals surface area contributed by atoms with Crippen LogP contribution in [0, 0.1) is 0 Å². The van der Waals surface area contributed by atoms with Crippen molar-refractivity contribution in [2.45, 2.75) is 0 Å². The van der Waals surface area contributed by atoms with E-state index in [-0.39, 0.29) is 5.56 Å². The number of aryl methyl sites for hydroxylation is 1. The summed E-state index contributed by atoms with van der Waals surface area (Å²) in [7, 11) is 1.88. The minimum Gasteiger partial charge on any atom is -0.302 e. The maximum absolute atomic E-state index is 12.8. The van der Waals surface area contributed by atoms with Crippen LogP contribution < -0.4 is 5.56 Å². The van der Waals surface area contributed by atoms with Crippen molar-refractivity contribution < 1.29 is 0 Å². The predicted octanol–water partition coefficient (Wildman–Crippen LogP) is 5.12. The van der Waals surface area contributed by atoms with Crippen molar-refractivity contribution in [1.82, 2.24) is 4.57 Å². The molecule has 4 heteroatoms. The fourth-order valence-corrected chi connectivity index (χ4v) is 5.55. The fraction of sp³-hybridized carbons (Fsp3) is 0.0556. The van der Waals surface area contributed by atoms with Gasteiger partial charge in [-0.3, -0.25) is 4.79 Å². The second-order valence-electron chi connectivity index (χ2n) is 5.44. The van der Waals surface area contributed by atoms with Gasteiger partial charge in [0.1, 0.15) is 9.53 Å². The number of aromatic nitrogens is 1. The maximum Gasteiger partial charge on any atom is 0.269 e. The Bertz CT molecular complexity index is 1260. The molecule has 106 valence electrons. The molecule has 2 aromatic carbocycles. The lowest BCUT2D eigenvalue weighted by Crippen LogP contribution is -2.14. The average molecular weight is 321 g/mol. The van der Waals surface area contributed by atoms with Crippen LogP contribution in [0.1, 0.15) is 0 Å². The van der Waals surface area contributed by atoms with E-state index in [2.05, 4.69) is 36.4 Å². The lowest BCUT2D eigenvalue weighted by atomic mass is 10.1. The van der Waals surface area contributed by atoms with E-state index >= 15 is 0 Å². The van der Waals surface area contributed by atoms with Crippen LogP contribution in [0.2, 0.25) is 0 Å². The zero-order valence-corrected chi connectivity index (χ0v) is 13.4.